The van der Waals surface area contributed by atoms with Crippen molar-refractivity contribution < 1.29 is 9.53 Å². The highest BCUT2D eigenvalue weighted by atomic mass is 16.5. The van der Waals surface area contributed by atoms with Crippen molar-refractivity contribution >= 4 is 5.91 Å². The van der Waals surface area contributed by atoms with Gasteiger partial charge < -0.3 is 15.8 Å². The molecule has 1 amide bonds. The zero-order valence-electron chi connectivity index (χ0n) is 10.8. The summed E-state index contributed by atoms with van der Waals surface area (Å²) in [6.07, 6.45) is 0. The lowest BCUT2D eigenvalue weighted by Crippen LogP contribution is -2.31. The van der Waals surface area contributed by atoms with E-state index < -0.39 is 11.9 Å². The first-order valence-corrected chi connectivity index (χ1v) is 5.65. The number of nitrogens with one attached hydrogen (secondary N) is 1. The van der Waals surface area contributed by atoms with Gasteiger partial charge in [0.25, 0.3) is 0 Å². The SMILES string of the molecule is CNC(C(N)=O)c1ccc(C(C)C)cc1OC. The first kappa shape index (κ1) is 13.5. The van der Waals surface area contributed by atoms with Crippen LogP contribution in [0.5, 0.6) is 5.75 Å². The molecule has 0 bridgehead atoms. The molecule has 0 saturated heterocycles. The molecule has 3 N–H and O–H groups in total. The van der Waals surface area contributed by atoms with E-state index in [0.717, 1.165) is 5.56 Å². The number of benzene rings is 1. The number of hydrogen-bond donors (Lipinski definition) is 2. The zero-order valence-corrected chi connectivity index (χ0v) is 10.8. The highest BCUT2D eigenvalue weighted by Crippen LogP contribution is 2.28. The third-order valence-electron chi connectivity index (χ3n) is 2.81. The number of carbonyl (C=O) groups is 1. The van der Waals surface area contributed by atoms with Gasteiger partial charge in [0.1, 0.15) is 11.8 Å². The number of primary amides is 1. The number of hydrogen-bond acceptors (Lipinski definition) is 3. The van der Waals surface area contributed by atoms with E-state index >= 15 is 0 Å². The molecule has 4 heteroatoms. The number of nitrogens with two attached hydrogens (primary N) is 1. The zero-order chi connectivity index (χ0) is 13.0. The van der Waals surface area contributed by atoms with Crippen molar-refractivity contribution in [1.82, 2.24) is 5.32 Å². The van der Waals surface area contributed by atoms with Crippen molar-refractivity contribution in [3.05, 3.63) is 29.3 Å². The second kappa shape index (κ2) is 5.68. The van der Waals surface area contributed by atoms with Gasteiger partial charge in [-0.15, -0.1) is 0 Å². The van der Waals surface area contributed by atoms with Gasteiger partial charge in [-0.1, -0.05) is 26.0 Å². The Kier molecular flexibility index (Phi) is 4.52. The summed E-state index contributed by atoms with van der Waals surface area (Å²) in [6.45, 7) is 4.22. The molecule has 0 radical (unpaired) electrons. The minimum Gasteiger partial charge on any atom is -0.496 e. The Labute approximate surface area is 102 Å². The standard InChI is InChI=1S/C13H20N2O2/c1-8(2)9-5-6-10(11(7-9)17-4)12(15-3)13(14)16/h5-8,12,15H,1-4H3,(H2,14,16). The molecule has 1 aromatic rings. The average molecular weight is 236 g/mol. The second-order valence-corrected chi connectivity index (χ2v) is 4.28. The Hall–Kier alpha value is -1.55. The summed E-state index contributed by atoms with van der Waals surface area (Å²) in [4.78, 5) is 11.3. The largest absolute Gasteiger partial charge is 0.496 e. The molecule has 0 spiro atoms. The third-order valence-corrected chi connectivity index (χ3v) is 2.81. The fraction of sp³-hybridized carbons (Fsp3) is 0.462. The van der Waals surface area contributed by atoms with Gasteiger partial charge >= 0.3 is 0 Å². The van der Waals surface area contributed by atoms with Crippen molar-refractivity contribution in [3.8, 4) is 5.75 Å². The monoisotopic (exact) mass is 236 g/mol. The van der Waals surface area contributed by atoms with Crippen molar-refractivity contribution in [2.24, 2.45) is 5.73 Å². The van der Waals surface area contributed by atoms with Gasteiger partial charge in [-0.05, 0) is 24.6 Å². The van der Waals surface area contributed by atoms with Crippen LogP contribution in [0.1, 0.15) is 36.9 Å². The van der Waals surface area contributed by atoms with E-state index in [9.17, 15) is 4.79 Å². The summed E-state index contributed by atoms with van der Waals surface area (Å²) in [5, 5.41) is 2.89. The lowest BCUT2D eigenvalue weighted by Gasteiger charge is -2.18. The molecule has 0 aliphatic carbocycles. The fourth-order valence-electron chi connectivity index (χ4n) is 1.78. The molecule has 0 heterocycles. The van der Waals surface area contributed by atoms with Gasteiger partial charge in [0.15, 0.2) is 0 Å². The van der Waals surface area contributed by atoms with Crippen LogP contribution in [0.3, 0.4) is 0 Å². The number of amides is 1. The first-order valence-electron chi connectivity index (χ1n) is 5.65. The minimum absolute atomic E-state index is 0.414. The van der Waals surface area contributed by atoms with Crippen molar-refractivity contribution in [2.45, 2.75) is 25.8 Å². The Morgan fingerprint density at radius 2 is 2.06 bits per heavy atom. The van der Waals surface area contributed by atoms with Gasteiger partial charge in [0.2, 0.25) is 5.91 Å². The topological polar surface area (TPSA) is 64.3 Å². The second-order valence-electron chi connectivity index (χ2n) is 4.28. The van der Waals surface area contributed by atoms with E-state index in [4.69, 9.17) is 10.5 Å². The first-order chi connectivity index (χ1) is 8.01. The van der Waals surface area contributed by atoms with E-state index in [1.54, 1.807) is 14.2 Å². The van der Waals surface area contributed by atoms with Gasteiger partial charge in [-0.3, -0.25) is 4.79 Å². The van der Waals surface area contributed by atoms with Gasteiger partial charge in [0.05, 0.1) is 7.11 Å². The molecule has 1 aromatic carbocycles. The molecule has 1 unspecified atom stereocenters. The van der Waals surface area contributed by atoms with Crippen LogP contribution in [0, 0.1) is 0 Å². The fourth-order valence-corrected chi connectivity index (χ4v) is 1.78. The van der Waals surface area contributed by atoms with Crippen LogP contribution < -0.4 is 15.8 Å². The van der Waals surface area contributed by atoms with Crippen molar-refractivity contribution in [1.29, 1.82) is 0 Å². The number of ether oxygens (including phenoxy) is 1. The van der Waals surface area contributed by atoms with Crippen molar-refractivity contribution in [3.63, 3.8) is 0 Å². The molecule has 0 fully saturated rings. The number of carbonyl (C=O) groups excluding carboxylic acids is 1. The van der Waals surface area contributed by atoms with E-state index in [2.05, 4.69) is 19.2 Å². The average Bonchev–Trinajstić information content (AvgIpc) is 2.29. The highest BCUT2D eigenvalue weighted by Gasteiger charge is 2.20. The molecule has 1 rings (SSSR count). The lowest BCUT2D eigenvalue weighted by atomic mass is 9.97. The summed E-state index contributed by atoms with van der Waals surface area (Å²) in [7, 11) is 3.29. The Bertz CT molecular complexity index is 402. The molecular weight excluding hydrogens is 216 g/mol. The molecular formula is C13H20N2O2. The van der Waals surface area contributed by atoms with Gasteiger partial charge in [-0.25, -0.2) is 0 Å². The summed E-state index contributed by atoms with van der Waals surface area (Å²) in [5.74, 6) is 0.692. The van der Waals surface area contributed by atoms with E-state index in [0.29, 0.717) is 11.7 Å². The third kappa shape index (κ3) is 2.97. The molecule has 1 atom stereocenters. The van der Waals surface area contributed by atoms with Crippen LogP contribution in [0.15, 0.2) is 18.2 Å². The van der Waals surface area contributed by atoms with Crippen LogP contribution in [0.4, 0.5) is 0 Å². The van der Waals surface area contributed by atoms with Gasteiger partial charge in [0, 0.05) is 5.56 Å². The quantitative estimate of drug-likeness (QED) is 0.815. The maximum atomic E-state index is 11.3. The maximum absolute atomic E-state index is 11.3. The molecule has 0 aliphatic heterocycles. The molecule has 0 aliphatic rings. The van der Waals surface area contributed by atoms with Crippen molar-refractivity contribution in [2.75, 3.05) is 14.2 Å². The summed E-state index contributed by atoms with van der Waals surface area (Å²) >= 11 is 0. The maximum Gasteiger partial charge on any atom is 0.239 e. The number of methoxy groups -OCH3 is 1. The Balaban J connectivity index is 3.20. The van der Waals surface area contributed by atoms with Crippen LogP contribution in [-0.2, 0) is 4.79 Å². The number of likely N-dealkylation sites (N-methyl/N-ethyl adjacent to an activating group) is 1. The Morgan fingerprint density at radius 3 is 2.47 bits per heavy atom. The molecule has 4 nitrogen and oxygen atoms in total. The normalized spacial score (nSPS) is 12.5. The minimum atomic E-state index is -0.522. The molecule has 0 aromatic heterocycles. The van der Waals surface area contributed by atoms with Crippen LogP contribution in [0.2, 0.25) is 0 Å². The Morgan fingerprint density at radius 1 is 1.41 bits per heavy atom. The molecule has 17 heavy (non-hydrogen) atoms. The predicted octanol–water partition coefficient (Wildman–Crippen LogP) is 1.56. The predicted molar refractivity (Wildman–Crippen MR) is 68.1 cm³/mol. The van der Waals surface area contributed by atoms with Crippen LogP contribution in [0.25, 0.3) is 0 Å². The highest BCUT2D eigenvalue weighted by molar-refractivity contribution is 5.82. The van der Waals surface area contributed by atoms with Gasteiger partial charge in [-0.2, -0.15) is 0 Å². The summed E-state index contributed by atoms with van der Waals surface area (Å²) in [5.41, 5.74) is 7.29. The lowest BCUT2D eigenvalue weighted by molar-refractivity contribution is -0.120. The number of rotatable bonds is 5. The van der Waals surface area contributed by atoms with E-state index in [1.165, 1.54) is 5.56 Å². The van der Waals surface area contributed by atoms with Crippen LogP contribution >= 0.6 is 0 Å². The summed E-state index contributed by atoms with van der Waals surface area (Å²) < 4.78 is 5.32. The van der Waals surface area contributed by atoms with E-state index in [-0.39, 0.29) is 0 Å². The smallest absolute Gasteiger partial charge is 0.239 e. The van der Waals surface area contributed by atoms with E-state index in [1.807, 2.05) is 18.2 Å². The molecule has 94 valence electrons. The van der Waals surface area contributed by atoms with Crippen LogP contribution in [-0.4, -0.2) is 20.1 Å². The molecule has 0 saturated carbocycles. The summed E-state index contributed by atoms with van der Waals surface area (Å²) in [6, 6.07) is 5.31.